The van der Waals surface area contributed by atoms with Crippen LogP contribution < -0.4 is 31.2 Å². The molecule has 0 aliphatic rings. The average molecular weight is 526 g/mol. The van der Waals surface area contributed by atoms with Gasteiger partial charge in [0.15, 0.2) is 5.69 Å². The van der Waals surface area contributed by atoms with Gasteiger partial charge in [-0.25, -0.2) is 0 Å². The number of methoxy groups -OCH3 is 1. The van der Waals surface area contributed by atoms with E-state index in [9.17, 15) is 14.4 Å². The van der Waals surface area contributed by atoms with Crippen molar-refractivity contribution in [3.8, 4) is 11.5 Å². The van der Waals surface area contributed by atoms with E-state index >= 15 is 0 Å². The van der Waals surface area contributed by atoms with Crippen LogP contribution in [0, 0.1) is 0 Å². The lowest BCUT2D eigenvalue weighted by molar-refractivity contribution is -0.123. The highest BCUT2D eigenvalue weighted by Gasteiger charge is 2.38. The van der Waals surface area contributed by atoms with E-state index in [0.29, 0.717) is 29.4 Å². The van der Waals surface area contributed by atoms with Gasteiger partial charge in [0.25, 0.3) is 11.8 Å². The highest BCUT2D eigenvalue weighted by Crippen LogP contribution is 2.38. The van der Waals surface area contributed by atoms with Crippen LogP contribution in [0.5, 0.6) is 11.5 Å². The number of nitrogen functional groups attached to an aromatic ring is 1. The third-order valence-electron chi connectivity index (χ3n) is 5.24. The fraction of sp³-hybridized carbons (Fsp3) is 0.308. The number of primary amides is 1. The van der Waals surface area contributed by atoms with Crippen LogP contribution >= 0.6 is 11.5 Å². The summed E-state index contributed by atoms with van der Waals surface area (Å²) in [6.07, 6.45) is 0. The number of anilines is 2. The summed E-state index contributed by atoms with van der Waals surface area (Å²) in [5, 5.41) is 2.97. The predicted molar refractivity (Wildman–Crippen MR) is 143 cm³/mol. The van der Waals surface area contributed by atoms with E-state index in [1.54, 1.807) is 48.5 Å². The first-order valence-corrected chi connectivity index (χ1v) is 12.3. The van der Waals surface area contributed by atoms with Crippen molar-refractivity contribution in [2.45, 2.75) is 39.3 Å². The van der Waals surface area contributed by atoms with Gasteiger partial charge in [-0.1, -0.05) is 24.3 Å². The Morgan fingerprint density at radius 3 is 2.30 bits per heavy atom. The summed E-state index contributed by atoms with van der Waals surface area (Å²) < 4.78 is 15.1. The monoisotopic (exact) mass is 525 g/mol. The fourth-order valence-electron chi connectivity index (χ4n) is 3.68. The molecule has 3 amide bonds. The van der Waals surface area contributed by atoms with Gasteiger partial charge in [-0.2, -0.15) is 4.37 Å². The molecule has 0 unspecified atom stereocenters. The number of nitrogens with one attached hydrogen (secondary N) is 1. The summed E-state index contributed by atoms with van der Waals surface area (Å²) in [7, 11) is 1.54. The lowest BCUT2D eigenvalue weighted by atomic mass is 10.00. The molecule has 10 nitrogen and oxygen atoms in total. The number of benzene rings is 2. The third-order valence-corrected chi connectivity index (χ3v) is 6.09. The molecule has 37 heavy (non-hydrogen) atoms. The minimum Gasteiger partial charge on any atom is -0.497 e. The van der Waals surface area contributed by atoms with Gasteiger partial charge in [0.1, 0.15) is 22.4 Å². The lowest BCUT2D eigenvalue weighted by Crippen LogP contribution is -2.49. The number of carbonyl (C=O) groups is 3. The number of aromatic nitrogens is 1. The Bertz CT molecular complexity index is 1280. The van der Waals surface area contributed by atoms with Crippen molar-refractivity contribution in [1.82, 2.24) is 9.69 Å². The molecule has 3 rings (SSSR count). The van der Waals surface area contributed by atoms with Crippen LogP contribution in [0.25, 0.3) is 0 Å². The van der Waals surface area contributed by atoms with Gasteiger partial charge in [0, 0.05) is 5.54 Å². The first kappa shape index (κ1) is 27.5. The van der Waals surface area contributed by atoms with Crippen molar-refractivity contribution in [2.24, 2.45) is 5.73 Å². The van der Waals surface area contributed by atoms with Crippen molar-refractivity contribution in [2.75, 3.05) is 24.4 Å². The third kappa shape index (κ3) is 6.18. The van der Waals surface area contributed by atoms with Gasteiger partial charge in [-0.05, 0) is 69.1 Å². The molecule has 0 spiro atoms. The zero-order valence-corrected chi connectivity index (χ0v) is 22.2. The molecule has 0 aliphatic heterocycles. The van der Waals surface area contributed by atoms with Gasteiger partial charge in [-0.15, -0.1) is 0 Å². The van der Waals surface area contributed by atoms with Crippen LogP contribution in [0.3, 0.4) is 0 Å². The molecule has 0 saturated carbocycles. The molecule has 1 heterocycles. The Morgan fingerprint density at radius 2 is 1.76 bits per heavy atom. The zero-order chi connectivity index (χ0) is 27.3. The number of rotatable bonds is 9. The molecule has 196 valence electrons. The first-order chi connectivity index (χ1) is 17.5. The average Bonchev–Trinajstić information content (AvgIpc) is 3.23. The van der Waals surface area contributed by atoms with Crippen molar-refractivity contribution >= 4 is 40.6 Å². The molecule has 0 fully saturated rings. The fourth-order valence-corrected chi connectivity index (χ4v) is 4.42. The molecular formula is C26H31N5O5S. The molecule has 0 aliphatic carbocycles. The standard InChI is InChI=1S/C26H31N5O5S/c1-6-36-18-10-8-7-9-17(18)31(25(34)22-19(27)20(23(28)32)30-37-22)21(24(33)29-26(2,3)4)15-11-13-16(35-5)14-12-15/h7-14,21H,6,27H2,1-5H3,(H2,28,32)(H,29,33)/t21-/m1/s1. The van der Waals surface area contributed by atoms with Crippen LogP contribution in [0.2, 0.25) is 0 Å². The van der Waals surface area contributed by atoms with Gasteiger partial charge in [-0.3, -0.25) is 19.3 Å². The SMILES string of the molecule is CCOc1ccccc1N(C(=O)c1snc(C(N)=O)c1N)[C@@H](C(=O)NC(C)(C)C)c1ccc(OC)cc1. The number of hydrogen-bond donors (Lipinski definition) is 3. The van der Waals surface area contributed by atoms with E-state index in [-0.39, 0.29) is 16.3 Å². The van der Waals surface area contributed by atoms with Crippen LogP contribution in [0.1, 0.15) is 59.5 Å². The Balaban J connectivity index is 2.29. The zero-order valence-electron chi connectivity index (χ0n) is 21.4. The van der Waals surface area contributed by atoms with Crippen molar-refractivity contribution < 1.29 is 23.9 Å². The van der Waals surface area contributed by atoms with E-state index in [1.807, 2.05) is 27.7 Å². The quantitative estimate of drug-likeness (QED) is 0.387. The molecule has 1 atom stereocenters. The van der Waals surface area contributed by atoms with Crippen LogP contribution in [0.4, 0.5) is 11.4 Å². The molecule has 2 aromatic carbocycles. The van der Waals surface area contributed by atoms with E-state index < -0.39 is 29.3 Å². The second kappa shape index (κ2) is 11.3. The molecule has 1 aromatic heterocycles. The number of carbonyl (C=O) groups excluding carboxylic acids is 3. The van der Waals surface area contributed by atoms with E-state index in [2.05, 4.69) is 9.69 Å². The molecule has 11 heteroatoms. The summed E-state index contributed by atoms with van der Waals surface area (Å²) in [6.45, 7) is 7.68. The number of ether oxygens (including phenoxy) is 2. The van der Waals surface area contributed by atoms with E-state index in [0.717, 1.165) is 11.5 Å². The number of hydrogen-bond acceptors (Lipinski definition) is 8. The maximum Gasteiger partial charge on any atom is 0.273 e. The van der Waals surface area contributed by atoms with E-state index in [4.69, 9.17) is 20.9 Å². The summed E-state index contributed by atoms with van der Waals surface area (Å²) in [5.74, 6) is -0.955. The lowest BCUT2D eigenvalue weighted by Gasteiger charge is -2.34. The minimum absolute atomic E-state index is 0.0258. The maximum absolute atomic E-state index is 14.2. The highest BCUT2D eigenvalue weighted by molar-refractivity contribution is 7.09. The Labute approximate surface area is 219 Å². The topological polar surface area (TPSA) is 150 Å². The number of nitrogens with two attached hydrogens (primary N) is 2. The number of amides is 3. The van der Waals surface area contributed by atoms with Gasteiger partial charge in [0.05, 0.1) is 25.1 Å². The second-order valence-electron chi connectivity index (χ2n) is 9.13. The van der Waals surface area contributed by atoms with Crippen molar-refractivity contribution in [1.29, 1.82) is 0 Å². The smallest absolute Gasteiger partial charge is 0.273 e. The molecular weight excluding hydrogens is 494 g/mol. The van der Waals surface area contributed by atoms with Crippen LogP contribution in [-0.2, 0) is 4.79 Å². The van der Waals surface area contributed by atoms with Crippen LogP contribution in [0.15, 0.2) is 48.5 Å². The Hall–Kier alpha value is -4.12. The number of para-hydroxylation sites is 2. The Morgan fingerprint density at radius 1 is 1.11 bits per heavy atom. The van der Waals surface area contributed by atoms with Gasteiger partial charge >= 0.3 is 0 Å². The summed E-state index contributed by atoms with van der Waals surface area (Å²) >= 11 is 0.739. The predicted octanol–water partition coefficient (Wildman–Crippen LogP) is 3.53. The molecule has 5 N–H and O–H groups in total. The van der Waals surface area contributed by atoms with Crippen molar-refractivity contribution in [3.05, 3.63) is 64.7 Å². The molecule has 0 saturated heterocycles. The van der Waals surface area contributed by atoms with Crippen molar-refractivity contribution in [3.63, 3.8) is 0 Å². The molecule has 0 bridgehead atoms. The first-order valence-electron chi connectivity index (χ1n) is 11.5. The van der Waals surface area contributed by atoms with Gasteiger partial charge in [0.2, 0.25) is 5.91 Å². The summed E-state index contributed by atoms with van der Waals surface area (Å²) in [6, 6.07) is 12.6. The van der Waals surface area contributed by atoms with E-state index in [1.165, 1.54) is 12.0 Å². The maximum atomic E-state index is 14.2. The minimum atomic E-state index is -1.14. The number of nitrogens with zero attached hydrogens (tertiary/aromatic N) is 2. The Kier molecular flexibility index (Phi) is 8.38. The second-order valence-corrected chi connectivity index (χ2v) is 9.90. The highest BCUT2D eigenvalue weighted by atomic mass is 32.1. The largest absolute Gasteiger partial charge is 0.497 e. The molecule has 0 radical (unpaired) electrons. The summed E-state index contributed by atoms with van der Waals surface area (Å²) in [4.78, 5) is 41.1. The molecule has 3 aromatic rings. The summed E-state index contributed by atoms with van der Waals surface area (Å²) in [5.41, 5.74) is 11.4. The van der Waals surface area contributed by atoms with Gasteiger partial charge < -0.3 is 26.3 Å². The normalized spacial score (nSPS) is 11.9. The van der Waals surface area contributed by atoms with Crippen LogP contribution in [-0.4, -0.2) is 41.4 Å².